The van der Waals surface area contributed by atoms with E-state index in [1.807, 2.05) is 45.0 Å². The molecule has 0 aliphatic heterocycles. The minimum absolute atomic E-state index is 0.0791. The number of esters is 1. The number of hydrogen-bond acceptors (Lipinski definition) is 6. The maximum atomic E-state index is 12.6. The zero-order valence-electron chi connectivity index (χ0n) is 19.8. The standard InChI is InChI=1S/C26H28N2O6S/c1-4-33-22-13-15-23(16-14-22)35(31,32)28-21-11-9-20(10-12-21)26(30)34-17-25(29)27-19(3)24-8-6-5-7-18(24)2/h5-16,19,28H,4,17H2,1-3H3,(H,27,29). The van der Waals surface area contributed by atoms with Crippen LogP contribution < -0.4 is 14.8 Å². The second kappa shape index (κ2) is 11.5. The summed E-state index contributed by atoms with van der Waals surface area (Å²) in [7, 11) is -3.81. The van der Waals surface area contributed by atoms with Gasteiger partial charge < -0.3 is 14.8 Å². The SMILES string of the molecule is CCOc1ccc(S(=O)(=O)Nc2ccc(C(=O)OCC(=O)NC(C)c3ccccc3C)cc2)cc1. The van der Waals surface area contributed by atoms with Crippen LogP contribution in [0.4, 0.5) is 5.69 Å². The van der Waals surface area contributed by atoms with Crippen molar-refractivity contribution >= 4 is 27.6 Å². The van der Waals surface area contributed by atoms with Gasteiger partial charge in [-0.2, -0.15) is 0 Å². The quantitative estimate of drug-likeness (QED) is 0.407. The van der Waals surface area contributed by atoms with Gasteiger partial charge in [0.05, 0.1) is 23.1 Å². The van der Waals surface area contributed by atoms with E-state index in [1.54, 1.807) is 12.1 Å². The molecule has 0 spiro atoms. The number of nitrogens with one attached hydrogen (secondary N) is 2. The zero-order valence-corrected chi connectivity index (χ0v) is 20.6. The Balaban J connectivity index is 1.53. The van der Waals surface area contributed by atoms with Crippen molar-refractivity contribution in [2.45, 2.75) is 31.7 Å². The highest BCUT2D eigenvalue weighted by Gasteiger charge is 2.16. The maximum Gasteiger partial charge on any atom is 0.338 e. The summed E-state index contributed by atoms with van der Waals surface area (Å²) in [4.78, 5) is 24.6. The van der Waals surface area contributed by atoms with E-state index >= 15 is 0 Å². The van der Waals surface area contributed by atoms with Crippen molar-refractivity contribution in [1.82, 2.24) is 5.32 Å². The summed E-state index contributed by atoms with van der Waals surface area (Å²) in [6.45, 7) is 5.71. The van der Waals surface area contributed by atoms with Gasteiger partial charge in [0.15, 0.2) is 6.61 Å². The molecule has 0 heterocycles. The number of carbonyl (C=O) groups excluding carboxylic acids is 2. The summed E-state index contributed by atoms with van der Waals surface area (Å²) < 4.78 is 38.1. The molecule has 9 heteroatoms. The van der Waals surface area contributed by atoms with Gasteiger partial charge in [0.1, 0.15) is 5.75 Å². The molecule has 0 saturated carbocycles. The van der Waals surface area contributed by atoms with Crippen LogP contribution in [0.3, 0.4) is 0 Å². The molecule has 0 aromatic heterocycles. The third kappa shape index (κ3) is 7.07. The molecule has 0 aliphatic rings. The Labute approximate surface area is 205 Å². The van der Waals surface area contributed by atoms with Crippen LogP contribution in [-0.2, 0) is 19.6 Å². The summed E-state index contributed by atoms with van der Waals surface area (Å²) in [5.41, 5.74) is 2.50. The van der Waals surface area contributed by atoms with Gasteiger partial charge in [0.2, 0.25) is 0 Å². The second-order valence-corrected chi connectivity index (χ2v) is 9.49. The van der Waals surface area contributed by atoms with Gasteiger partial charge in [-0.3, -0.25) is 9.52 Å². The fourth-order valence-electron chi connectivity index (χ4n) is 3.42. The van der Waals surface area contributed by atoms with Crippen molar-refractivity contribution in [3.8, 4) is 5.75 Å². The Morgan fingerprint density at radius 1 is 0.943 bits per heavy atom. The predicted octanol–water partition coefficient (Wildman–Crippen LogP) is 4.23. The minimum Gasteiger partial charge on any atom is -0.494 e. The Hall–Kier alpha value is -3.85. The van der Waals surface area contributed by atoms with Crippen LogP contribution in [-0.4, -0.2) is 33.5 Å². The molecule has 1 unspecified atom stereocenters. The van der Waals surface area contributed by atoms with Gasteiger partial charge in [0, 0.05) is 5.69 Å². The molecule has 3 rings (SSSR count). The minimum atomic E-state index is -3.81. The van der Waals surface area contributed by atoms with E-state index < -0.39 is 28.5 Å². The number of hydrogen-bond donors (Lipinski definition) is 2. The van der Waals surface area contributed by atoms with Crippen LogP contribution in [0.25, 0.3) is 0 Å². The Kier molecular flexibility index (Phi) is 8.48. The molecular formula is C26H28N2O6S. The first-order valence-corrected chi connectivity index (χ1v) is 12.6. The van der Waals surface area contributed by atoms with E-state index in [4.69, 9.17) is 9.47 Å². The van der Waals surface area contributed by atoms with Crippen molar-refractivity contribution in [3.63, 3.8) is 0 Å². The van der Waals surface area contributed by atoms with E-state index in [0.717, 1.165) is 11.1 Å². The summed E-state index contributed by atoms with van der Waals surface area (Å²) >= 11 is 0. The monoisotopic (exact) mass is 496 g/mol. The van der Waals surface area contributed by atoms with Gasteiger partial charge in [-0.05, 0) is 80.4 Å². The normalized spacial score (nSPS) is 11.9. The van der Waals surface area contributed by atoms with E-state index in [1.165, 1.54) is 36.4 Å². The fourth-order valence-corrected chi connectivity index (χ4v) is 4.48. The number of benzene rings is 3. The highest BCUT2D eigenvalue weighted by molar-refractivity contribution is 7.92. The lowest BCUT2D eigenvalue weighted by molar-refractivity contribution is -0.124. The van der Waals surface area contributed by atoms with Crippen molar-refractivity contribution < 1.29 is 27.5 Å². The molecule has 8 nitrogen and oxygen atoms in total. The Morgan fingerprint density at radius 3 is 2.23 bits per heavy atom. The van der Waals surface area contributed by atoms with Crippen molar-refractivity contribution in [2.24, 2.45) is 0 Å². The lowest BCUT2D eigenvalue weighted by atomic mass is 10.0. The molecule has 1 amide bonds. The molecule has 184 valence electrons. The van der Waals surface area contributed by atoms with Crippen LogP contribution >= 0.6 is 0 Å². The highest BCUT2D eigenvalue weighted by atomic mass is 32.2. The van der Waals surface area contributed by atoms with Crippen LogP contribution in [0.5, 0.6) is 5.75 Å². The first-order valence-electron chi connectivity index (χ1n) is 11.1. The Morgan fingerprint density at radius 2 is 1.60 bits per heavy atom. The smallest absolute Gasteiger partial charge is 0.338 e. The lowest BCUT2D eigenvalue weighted by Gasteiger charge is -2.16. The molecule has 1 atom stereocenters. The first-order chi connectivity index (χ1) is 16.7. The molecule has 35 heavy (non-hydrogen) atoms. The maximum absolute atomic E-state index is 12.6. The molecule has 0 bridgehead atoms. The van der Waals surface area contributed by atoms with Gasteiger partial charge >= 0.3 is 5.97 Å². The topological polar surface area (TPSA) is 111 Å². The third-order valence-electron chi connectivity index (χ3n) is 5.18. The number of rotatable bonds is 10. The summed E-state index contributed by atoms with van der Waals surface area (Å²) in [6.07, 6.45) is 0. The summed E-state index contributed by atoms with van der Waals surface area (Å²) in [5.74, 6) is -0.536. The van der Waals surface area contributed by atoms with Gasteiger partial charge in [-0.15, -0.1) is 0 Å². The van der Waals surface area contributed by atoms with Crippen LogP contribution in [0.1, 0.15) is 41.4 Å². The first kappa shape index (κ1) is 25.8. The highest BCUT2D eigenvalue weighted by Crippen LogP contribution is 2.20. The molecule has 0 saturated heterocycles. The number of aryl methyl sites for hydroxylation is 1. The average Bonchev–Trinajstić information content (AvgIpc) is 2.83. The van der Waals surface area contributed by atoms with Crippen LogP contribution in [0.2, 0.25) is 0 Å². The van der Waals surface area contributed by atoms with Crippen molar-refractivity contribution in [3.05, 3.63) is 89.5 Å². The van der Waals surface area contributed by atoms with Crippen LogP contribution in [0, 0.1) is 6.92 Å². The number of sulfonamides is 1. The molecular weight excluding hydrogens is 468 g/mol. The van der Waals surface area contributed by atoms with Gasteiger partial charge in [0.25, 0.3) is 15.9 Å². The fraction of sp³-hybridized carbons (Fsp3) is 0.231. The Bertz CT molecular complexity index is 1270. The van der Waals surface area contributed by atoms with E-state index in [9.17, 15) is 18.0 Å². The van der Waals surface area contributed by atoms with Crippen molar-refractivity contribution in [1.29, 1.82) is 0 Å². The number of ether oxygens (including phenoxy) is 2. The lowest BCUT2D eigenvalue weighted by Crippen LogP contribution is -2.31. The molecule has 3 aromatic rings. The second-order valence-electron chi connectivity index (χ2n) is 7.81. The summed E-state index contributed by atoms with van der Waals surface area (Å²) in [5, 5.41) is 2.80. The molecule has 0 radical (unpaired) electrons. The molecule has 0 aliphatic carbocycles. The van der Waals surface area contributed by atoms with E-state index in [2.05, 4.69) is 10.0 Å². The van der Waals surface area contributed by atoms with Gasteiger partial charge in [-0.25, -0.2) is 13.2 Å². The van der Waals surface area contributed by atoms with Gasteiger partial charge in [-0.1, -0.05) is 24.3 Å². The van der Waals surface area contributed by atoms with Crippen LogP contribution in [0.15, 0.2) is 77.7 Å². The zero-order chi connectivity index (χ0) is 25.4. The largest absolute Gasteiger partial charge is 0.494 e. The number of amides is 1. The number of anilines is 1. The number of carbonyl (C=O) groups is 2. The van der Waals surface area contributed by atoms with E-state index in [-0.39, 0.29) is 22.2 Å². The average molecular weight is 497 g/mol. The van der Waals surface area contributed by atoms with E-state index in [0.29, 0.717) is 12.4 Å². The molecule has 3 aromatic carbocycles. The van der Waals surface area contributed by atoms with Crippen molar-refractivity contribution in [2.75, 3.05) is 17.9 Å². The molecule has 0 fully saturated rings. The summed E-state index contributed by atoms with van der Waals surface area (Å²) in [6, 6.07) is 19.3. The predicted molar refractivity (Wildman–Crippen MR) is 133 cm³/mol. The molecule has 2 N–H and O–H groups in total. The third-order valence-corrected chi connectivity index (χ3v) is 6.58.